The van der Waals surface area contributed by atoms with Crippen LogP contribution in [0, 0.1) is 5.92 Å². The molecule has 0 radical (unpaired) electrons. The van der Waals surface area contributed by atoms with Gasteiger partial charge in [-0.05, 0) is 55.6 Å². The third kappa shape index (κ3) is 4.12. The molecule has 6 nitrogen and oxygen atoms in total. The standard InChI is InChI=1S/C23H26N2O4/c1-24(19-9-5-8-18(14-19)22(26)27)21(17-6-3-2-4-7-17)23(28)29-20-15-25-12-10-16(20)11-13-25/h2-9,14,16,20-21H,10-13,15H2,1H3,(H,26,27)/t20-,21?/m0/s1. The Morgan fingerprint density at radius 1 is 1.10 bits per heavy atom. The number of anilines is 1. The number of nitrogens with zero attached hydrogens (tertiary/aromatic N) is 2. The van der Waals surface area contributed by atoms with E-state index in [0.717, 1.165) is 38.0 Å². The Kier molecular flexibility index (Phi) is 5.53. The van der Waals surface area contributed by atoms with Gasteiger partial charge >= 0.3 is 11.9 Å². The smallest absolute Gasteiger partial charge is 0.335 e. The second-order valence-electron chi connectivity index (χ2n) is 7.89. The summed E-state index contributed by atoms with van der Waals surface area (Å²) in [4.78, 5) is 28.8. The van der Waals surface area contributed by atoms with Crippen LogP contribution in [0.25, 0.3) is 0 Å². The van der Waals surface area contributed by atoms with Crippen LogP contribution in [0.4, 0.5) is 5.69 Å². The van der Waals surface area contributed by atoms with Gasteiger partial charge in [0.05, 0.1) is 5.56 Å². The van der Waals surface area contributed by atoms with Gasteiger partial charge < -0.3 is 14.7 Å². The van der Waals surface area contributed by atoms with Gasteiger partial charge in [0.1, 0.15) is 6.10 Å². The number of carbonyl (C=O) groups excluding carboxylic acids is 1. The summed E-state index contributed by atoms with van der Waals surface area (Å²) < 4.78 is 6.02. The number of carboxylic acids is 1. The van der Waals surface area contributed by atoms with E-state index in [4.69, 9.17) is 4.74 Å². The highest BCUT2D eigenvalue weighted by Gasteiger charge is 2.38. The Hall–Kier alpha value is -2.86. The van der Waals surface area contributed by atoms with Crippen molar-refractivity contribution in [1.29, 1.82) is 0 Å². The van der Waals surface area contributed by atoms with Gasteiger partial charge in [-0.15, -0.1) is 0 Å². The monoisotopic (exact) mass is 394 g/mol. The summed E-state index contributed by atoms with van der Waals surface area (Å²) in [5.41, 5.74) is 1.67. The van der Waals surface area contributed by atoms with E-state index >= 15 is 0 Å². The molecule has 1 unspecified atom stereocenters. The predicted octanol–water partition coefficient (Wildman–Crippen LogP) is 3.20. The minimum absolute atomic E-state index is 0.0741. The van der Waals surface area contributed by atoms with Crippen LogP contribution in [0.5, 0.6) is 0 Å². The minimum atomic E-state index is -0.994. The summed E-state index contributed by atoms with van der Waals surface area (Å²) in [6.07, 6.45) is 2.07. The summed E-state index contributed by atoms with van der Waals surface area (Å²) in [6.45, 7) is 2.97. The zero-order chi connectivity index (χ0) is 20.4. The minimum Gasteiger partial charge on any atom is -0.478 e. The molecule has 2 aromatic rings. The Bertz CT molecular complexity index is 877. The van der Waals surface area contributed by atoms with Gasteiger partial charge in [0.2, 0.25) is 0 Å². The molecular formula is C23H26N2O4. The molecule has 3 aliphatic heterocycles. The molecule has 152 valence electrons. The number of benzene rings is 2. The fraction of sp³-hybridized carbons (Fsp3) is 0.391. The lowest BCUT2D eigenvalue weighted by Gasteiger charge is -2.44. The summed E-state index contributed by atoms with van der Waals surface area (Å²) in [6, 6.07) is 15.5. The van der Waals surface area contributed by atoms with E-state index < -0.39 is 12.0 Å². The van der Waals surface area contributed by atoms with Crippen molar-refractivity contribution in [3.05, 3.63) is 65.7 Å². The molecule has 3 aliphatic rings. The third-order valence-corrected chi connectivity index (χ3v) is 6.09. The molecule has 1 N–H and O–H groups in total. The zero-order valence-corrected chi connectivity index (χ0v) is 16.5. The summed E-state index contributed by atoms with van der Waals surface area (Å²) in [5, 5.41) is 9.32. The van der Waals surface area contributed by atoms with E-state index in [1.165, 1.54) is 0 Å². The Morgan fingerprint density at radius 3 is 2.45 bits per heavy atom. The second kappa shape index (κ2) is 8.25. The average Bonchev–Trinajstić information content (AvgIpc) is 2.75. The van der Waals surface area contributed by atoms with Crippen molar-refractivity contribution in [2.24, 2.45) is 5.92 Å². The molecule has 2 aromatic carbocycles. The lowest BCUT2D eigenvalue weighted by atomic mass is 9.86. The van der Waals surface area contributed by atoms with Gasteiger partial charge in [-0.2, -0.15) is 0 Å². The van der Waals surface area contributed by atoms with Crippen LogP contribution >= 0.6 is 0 Å². The summed E-state index contributed by atoms with van der Waals surface area (Å²) >= 11 is 0. The first-order valence-corrected chi connectivity index (χ1v) is 10.1. The third-order valence-electron chi connectivity index (χ3n) is 6.09. The van der Waals surface area contributed by atoms with Crippen LogP contribution in [0.15, 0.2) is 54.6 Å². The molecule has 0 amide bonds. The van der Waals surface area contributed by atoms with Gasteiger partial charge in [-0.25, -0.2) is 9.59 Å². The van der Waals surface area contributed by atoms with Crippen LogP contribution in [-0.2, 0) is 9.53 Å². The SMILES string of the molecule is CN(c1cccc(C(=O)O)c1)C(C(=O)O[C@H]1CN2CCC1CC2)c1ccccc1. The summed E-state index contributed by atoms with van der Waals surface area (Å²) in [5.74, 6) is -0.856. The number of esters is 1. The molecule has 3 heterocycles. The van der Waals surface area contributed by atoms with E-state index in [-0.39, 0.29) is 17.6 Å². The maximum Gasteiger partial charge on any atom is 0.335 e. The number of ether oxygens (including phenoxy) is 1. The number of carbonyl (C=O) groups is 2. The van der Waals surface area contributed by atoms with Crippen molar-refractivity contribution in [2.75, 3.05) is 31.6 Å². The van der Waals surface area contributed by atoms with E-state index in [1.54, 1.807) is 30.1 Å². The van der Waals surface area contributed by atoms with Crippen molar-refractivity contribution in [2.45, 2.75) is 25.0 Å². The van der Waals surface area contributed by atoms with Crippen molar-refractivity contribution in [3.63, 3.8) is 0 Å². The van der Waals surface area contributed by atoms with Gasteiger partial charge in [-0.1, -0.05) is 36.4 Å². The number of hydrogen-bond acceptors (Lipinski definition) is 5. The van der Waals surface area contributed by atoms with Crippen molar-refractivity contribution in [1.82, 2.24) is 4.90 Å². The first kappa shape index (κ1) is 19.5. The molecule has 0 saturated carbocycles. The number of rotatable bonds is 6. The number of likely N-dealkylation sites (N-methyl/N-ethyl adjacent to an activating group) is 1. The number of piperidine rings is 3. The van der Waals surface area contributed by atoms with Crippen molar-refractivity contribution < 1.29 is 19.4 Å². The molecule has 6 heteroatoms. The maximum atomic E-state index is 13.3. The molecular weight excluding hydrogens is 368 g/mol. The fourth-order valence-corrected chi connectivity index (χ4v) is 4.42. The molecule has 2 bridgehead atoms. The van der Waals surface area contributed by atoms with Crippen LogP contribution in [0.1, 0.15) is 34.8 Å². The Morgan fingerprint density at radius 2 is 1.83 bits per heavy atom. The predicted molar refractivity (Wildman–Crippen MR) is 110 cm³/mol. The topological polar surface area (TPSA) is 70.1 Å². The van der Waals surface area contributed by atoms with Gasteiger partial charge in [-0.3, -0.25) is 4.90 Å². The highest BCUT2D eigenvalue weighted by atomic mass is 16.5. The Labute approximate surface area is 170 Å². The largest absolute Gasteiger partial charge is 0.478 e. The molecule has 0 spiro atoms. The number of carboxylic acid groups (broad SMARTS) is 1. The number of aromatic carboxylic acids is 1. The van der Waals surface area contributed by atoms with Gasteiger partial charge in [0.25, 0.3) is 0 Å². The van der Waals surface area contributed by atoms with E-state index in [9.17, 15) is 14.7 Å². The first-order valence-electron chi connectivity index (χ1n) is 10.1. The maximum absolute atomic E-state index is 13.3. The number of fused-ring (bicyclic) bond motifs is 3. The average molecular weight is 394 g/mol. The highest BCUT2D eigenvalue weighted by molar-refractivity contribution is 5.89. The Balaban J connectivity index is 1.60. The van der Waals surface area contributed by atoms with E-state index in [1.807, 2.05) is 36.4 Å². The molecule has 0 aromatic heterocycles. The lowest BCUT2D eigenvalue weighted by Crippen LogP contribution is -2.52. The van der Waals surface area contributed by atoms with E-state index in [0.29, 0.717) is 11.6 Å². The lowest BCUT2D eigenvalue weighted by molar-refractivity contribution is -0.160. The van der Waals surface area contributed by atoms with Crippen molar-refractivity contribution in [3.8, 4) is 0 Å². The van der Waals surface area contributed by atoms with Crippen LogP contribution in [0.2, 0.25) is 0 Å². The van der Waals surface area contributed by atoms with Gasteiger partial charge in [0, 0.05) is 19.3 Å². The molecule has 3 fully saturated rings. The molecule has 29 heavy (non-hydrogen) atoms. The van der Waals surface area contributed by atoms with Crippen LogP contribution < -0.4 is 4.90 Å². The molecule has 0 aliphatic carbocycles. The van der Waals surface area contributed by atoms with E-state index in [2.05, 4.69) is 4.90 Å². The zero-order valence-electron chi connectivity index (χ0n) is 16.5. The number of hydrogen-bond donors (Lipinski definition) is 1. The van der Waals surface area contributed by atoms with Gasteiger partial charge in [0.15, 0.2) is 6.04 Å². The van der Waals surface area contributed by atoms with Crippen LogP contribution in [-0.4, -0.2) is 54.7 Å². The van der Waals surface area contributed by atoms with Crippen molar-refractivity contribution >= 4 is 17.6 Å². The molecule has 5 rings (SSSR count). The van der Waals surface area contributed by atoms with Crippen LogP contribution in [0.3, 0.4) is 0 Å². The second-order valence-corrected chi connectivity index (χ2v) is 7.89. The quantitative estimate of drug-likeness (QED) is 0.759. The first-order chi connectivity index (χ1) is 14.0. The molecule has 3 saturated heterocycles. The molecule has 2 atom stereocenters. The summed E-state index contributed by atoms with van der Waals surface area (Å²) in [7, 11) is 1.80. The fourth-order valence-electron chi connectivity index (χ4n) is 4.42. The normalized spacial score (nSPS) is 24.0. The highest BCUT2D eigenvalue weighted by Crippen LogP contribution is 2.33.